The zero-order chi connectivity index (χ0) is 17.4. The molecule has 1 aromatic carbocycles. The molecular weight excluding hydrogens is 316 g/mol. The van der Waals surface area contributed by atoms with Gasteiger partial charge in [0.1, 0.15) is 0 Å². The van der Waals surface area contributed by atoms with Gasteiger partial charge in [0, 0.05) is 36.3 Å². The molecule has 25 heavy (non-hydrogen) atoms. The summed E-state index contributed by atoms with van der Waals surface area (Å²) in [5.74, 6) is 0.0163. The number of aromatic nitrogens is 3. The number of nitrogens with one attached hydrogen (secondary N) is 2. The van der Waals surface area contributed by atoms with Crippen molar-refractivity contribution >= 4 is 16.8 Å². The van der Waals surface area contributed by atoms with Crippen molar-refractivity contribution in [1.82, 2.24) is 20.1 Å². The van der Waals surface area contributed by atoms with Gasteiger partial charge in [0.15, 0.2) is 0 Å². The van der Waals surface area contributed by atoms with E-state index in [0.717, 1.165) is 40.6 Å². The minimum atomic E-state index is -0.193. The SMILES string of the molecule is Cn1cc(CC(=O)N[C@H]2CCc3n[nH]c(=O)cc3C2)c2ccccc21. The van der Waals surface area contributed by atoms with Crippen LogP contribution in [0, 0.1) is 0 Å². The molecule has 0 saturated carbocycles. The smallest absolute Gasteiger partial charge is 0.264 e. The fraction of sp³-hybridized carbons (Fsp3) is 0.316. The van der Waals surface area contributed by atoms with Gasteiger partial charge in [-0.1, -0.05) is 18.2 Å². The van der Waals surface area contributed by atoms with Crippen molar-refractivity contribution in [2.24, 2.45) is 7.05 Å². The molecule has 0 aliphatic heterocycles. The molecule has 6 nitrogen and oxygen atoms in total. The predicted molar refractivity (Wildman–Crippen MR) is 95.4 cm³/mol. The maximum atomic E-state index is 12.5. The minimum Gasteiger partial charge on any atom is -0.353 e. The van der Waals surface area contributed by atoms with Crippen molar-refractivity contribution < 1.29 is 4.79 Å². The fourth-order valence-electron chi connectivity index (χ4n) is 3.68. The summed E-state index contributed by atoms with van der Waals surface area (Å²) in [4.78, 5) is 23.9. The molecule has 2 aromatic heterocycles. The third kappa shape index (κ3) is 3.07. The largest absolute Gasteiger partial charge is 0.353 e. The highest BCUT2D eigenvalue weighted by atomic mass is 16.1. The number of aryl methyl sites for hydroxylation is 2. The third-order valence-corrected chi connectivity index (χ3v) is 4.87. The summed E-state index contributed by atoms with van der Waals surface area (Å²) in [6, 6.07) is 9.74. The summed E-state index contributed by atoms with van der Waals surface area (Å²) in [7, 11) is 1.99. The van der Waals surface area contributed by atoms with Crippen LogP contribution in [0.25, 0.3) is 10.9 Å². The highest BCUT2D eigenvalue weighted by molar-refractivity contribution is 5.89. The average Bonchev–Trinajstić information content (AvgIpc) is 2.91. The highest BCUT2D eigenvalue weighted by Crippen LogP contribution is 2.21. The van der Waals surface area contributed by atoms with Gasteiger partial charge in [-0.15, -0.1) is 0 Å². The van der Waals surface area contributed by atoms with Gasteiger partial charge in [-0.2, -0.15) is 5.10 Å². The number of benzene rings is 1. The standard InChI is InChI=1S/C19H20N4O2/c1-23-11-13(15-4-2-3-5-17(15)23)10-18(24)20-14-6-7-16-12(8-14)9-19(25)22-21-16/h2-5,9,11,14H,6-8,10H2,1H3,(H,20,24)(H,22,25)/t14-/m0/s1. The molecule has 3 aromatic rings. The topological polar surface area (TPSA) is 79.8 Å². The highest BCUT2D eigenvalue weighted by Gasteiger charge is 2.22. The van der Waals surface area contributed by atoms with E-state index in [0.29, 0.717) is 12.8 Å². The quantitative estimate of drug-likeness (QED) is 0.760. The number of hydrogen-bond acceptors (Lipinski definition) is 3. The lowest BCUT2D eigenvalue weighted by Gasteiger charge is -2.24. The van der Waals surface area contributed by atoms with Crippen LogP contribution in [0.3, 0.4) is 0 Å². The zero-order valence-electron chi connectivity index (χ0n) is 14.1. The van der Waals surface area contributed by atoms with E-state index in [1.165, 1.54) is 0 Å². The Bertz CT molecular complexity index is 1000. The van der Waals surface area contributed by atoms with Crippen molar-refractivity contribution in [3.05, 3.63) is 63.7 Å². The lowest BCUT2D eigenvalue weighted by atomic mass is 9.92. The van der Waals surface area contributed by atoms with E-state index in [4.69, 9.17) is 0 Å². The van der Waals surface area contributed by atoms with E-state index in [2.05, 4.69) is 21.6 Å². The molecule has 6 heteroatoms. The molecule has 1 aliphatic rings. The van der Waals surface area contributed by atoms with Crippen LogP contribution in [0.5, 0.6) is 0 Å². The maximum absolute atomic E-state index is 12.5. The number of H-pyrrole nitrogens is 1. The Kier molecular flexibility index (Phi) is 3.87. The van der Waals surface area contributed by atoms with E-state index in [1.807, 2.05) is 36.0 Å². The molecule has 4 rings (SSSR count). The molecule has 1 amide bonds. The number of rotatable bonds is 3. The first-order chi connectivity index (χ1) is 12.1. The molecule has 0 spiro atoms. The van der Waals surface area contributed by atoms with Crippen LogP contribution in [-0.4, -0.2) is 26.7 Å². The summed E-state index contributed by atoms with van der Waals surface area (Å²) in [6.07, 6.45) is 4.65. The number of aromatic amines is 1. The number of nitrogens with zero attached hydrogens (tertiary/aromatic N) is 2. The van der Waals surface area contributed by atoms with E-state index < -0.39 is 0 Å². The average molecular weight is 336 g/mol. The number of para-hydroxylation sites is 1. The van der Waals surface area contributed by atoms with Gasteiger partial charge in [0.2, 0.25) is 5.91 Å². The second-order valence-electron chi connectivity index (χ2n) is 6.67. The van der Waals surface area contributed by atoms with Gasteiger partial charge >= 0.3 is 0 Å². The number of amides is 1. The third-order valence-electron chi connectivity index (χ3n) is 4.87. The number of hydrogen-bond donors (Lipinski definition) is 2. The van der Waals surface area contributed by atoms with E-state index in [9.17, 15) is 9.59 Å². The van der Waals surface area contributed by atoms with Gasteiger partial charge < -0.3 is 9.88 Å². The molecule has 2 heterocycles. The van der Waals surface area contributed by atoms with Crippen molar-refractivity contribution in [1.29, 1.82) is 0 Å². The number of fused-ring (bicyclic) bond motifs is 2. The van der Waals surface area contributed by atoms with E-state index in [-0.39, 0.29) is 17.5 Å². The molecule has 0 fully saturated rings. The second-order valence-corrected chi connectivity index (χ2v) is 6.67. The zero-order valence-corrected chi connectivity index (χ0v) is 14.1. The Morgan fingerprint density at radius 2 is 2.24 bits per heavy atom. The molecule has 0 bridgehead atoms. The lowest BCUT2D eigenvalue weighted by Crippen LogP contribution is -2.40. The molecule has 1 atom stereocenters. The van der Waals surface area contributed by atoms with Gasteiger partial charge in [-0.05, 0) is 36.5 Å². The minimum absolute atomic E-state index is 0.0163. The molecule has 0 radical (unpaired) electrons. The first-order valence-electron chi connectivity index (χ1n) is 8.50. The molecule has 1 aliphatic carbocycles. The summed E-state index contributed by atoms with van der Waals surface area (Å²) >= 11 is 0. The Morgan fingerprint density at radius 1 is 1.40 bits per heavy atom. The second kappa shape index (κ2) is 6.20. The normalized spacial score (nSPS) is 16.6. The summed E-state index contributed by atoms with van der Waals surface area (Å²) < 4.78 is 2.05. The molecule has 2 N–H and O–H groups in total. The van der Waals surface area contributed by atoms with Crippen LogP contribution < -0.4 is 10.9 Å². The first kappa shape index (κ1) is 15.6. The van der Waals surface area contributed by atoms with Crippen LogP contribution in [0.4, 0.5) is 0 Å². The van der Waals surface area contributed by atoms with E-state index in [1.54, 1.807) is 6.07 Å². The van der Waals surface area contributed by atoms with Crippen LogP contribution >= 0.6 is 0 Å². The predicted octanol–water partition coefficient (Wildman–Crippen LogP) is 1.48. The summed E-state index contributed by atoms with van der Waals surface area (Å²) in [5, 5.41) is 10.8. The first-order valence-corrected chi connectivity index (χ1v) is 8.50. The number of carbonyl (C=O) groups excluding carboxylic acids is 1. The van der Waals surface area contributed by atoms with Gasteiger partial charge in [-0.3, -0.25) is 9.59 Å². The van der Waals surface area contributed by atoms with Crippen molar-refractivity contribution in [2.75, 3.05) is 0 Å². The van der Waals surface area contributed by atoms with Gasteiger partial charge in [0.25, 0.3) is 5.56 Å². The Labute approximate surface area is 144 Å². The summed E-state index contributed by atoms with van der Waals surface area (Å²) in [6.45, 7) is 0. The van der Waals surface area contributed by atoms with Crippen molar-refractivity contribution in [3.8, 4) is 0 Å². The van der Waals surface area contributed by atoms with Crippen LogP contribution in [-0.2, 0) is 31.1 Å². The molecule has 128 valence electrons. The molecule has 0 saturated heterocycles. The van der Waals surface area contributed by atoms with Crippen LogP contribution in [0.15, 0.2) is 41.3 Å². The number of carbonyl (C=O) groups is 1. The monoisotopic (exact) mass is 336 g/mol. The van der Waals surface area contributed by atoms with Crippen LogP contribution in [0.1, 0.15) is 23.2 Å². The molecular formula is C19H20N4O2. The van der Waals surface area contributed by atoms with Gasteiger partial charge in [0.05, 0.1) is 12.1 Å². The van der Waals surface area contributed by atoms with Crippen LogP contribution in [0.2, 0.25) is 0 Å². The Balaban J connectivity index is 1.47. The summed E-state index contributed by atoms with van der Waals surface area (Å²) in [5.41, 5.74) is 3.83. The molecule has 0 unspecified atom stereocenters. The fourth-order valence-corrected chi connectivity index (χ4v) is 3.68. The maximum Gasteiger partial charge on any atom is 0.264 e. The van der Waals surface area contributed by atoms with Crippen molar-refractivity contribution in [3.63, 3.8) is 0 Å². The lowest BCUT2D eigenvalue weighted by molar-refractivity contribution is -0.121. The Hall–Kier alpha value is -2.89. The van der Waals surface area contributed by atoms with Gasteiger partial charge in [-0.25, -0.2) is 5.10 Å². The van der Waals surface area contributed by atoms with E-state index >= 15 is 0 Å². The Morgan fingerprint density at radius 3 is 3.12 bits per heavy atom. The van der Waals surface area contributed by atoms with Crippen molar-refractivity contribution in [2.45, 2.75) is 31.7 Å².